The summed E-state index contributed by atoms with van der Waals surface area (Å²) >= 11 is 0. The number of aliphatic carboxylic acids is 1. The molecule has 0 aliphatic heterocycles. The van der Waals surface area contributed by atoms with Crippen molar-refractivity contribution in [3.8, 4) is 0 Å². The normalized spacial score (nSPS) is 12.1. The van der Waals surface area contributed by atoms with Gasteiger partial charge in [-0.25, -0.2) is 0 Å². The molecule has 1 rings (SSSR count). The van der Waals surface area contributed by atoms with Gasteiger partial charge in [0.15, 0.2) is 0 Å². The molecule has 0 spiro atoms. The number of carboxylic acids is 1. The van der Waals surface area contributed by atoms with Gasteiger partial charge in [0.25, 0.3) is 0 Å². The van der Waals surface area contributed by atoms with Crippen LogP contribution < -0.4 is 5.32 Å². The lowest BCUT2D eigenvalue weighted by molar-refractivity contribution is -0.137. The standard InChI is InChI=1S/C9H13N3O3/c1-6-7(4-12(2)11-6)8(10-5-13)3-9(14)15/h4-5,8H,3H2,1-2H3,(H,10,13)(H,14,15)/t8-/m1/s1. The van der Waals surface area contributed by atoms with Gasteiger partial charge in [0.1, 0.15) is 0 Å². The molecule has 6 heteroatoms. The van der Waals surface area contributed by atoms with Crippen LogP contribution in [0.1, 0.15) is 23.7 Å². The highest BCUT2D eigenvalue weighted by molar-refractivity contribution is 5.68. The second-order valence-corrected chi connectivity index (χ2v) is 3.28. The third-order valence-corrected chi connectivity index (χ3v) is 2.07. The molecule has 0 bridgehead atoms. The van der Waals surface area contributed by atoms with Gasteiger partial charge in [0.05, 0.1) is 18.2 Å². The van der Waals surface area contributed by atoms with Gasteiger partial charge in [-0.15, -0.1) is 0 Å². The predicted molar refractivity (Wildman–Crippen MR) is 52.1 cm³/mol. The zero-order valence-electron chi connectivity index (χ0n) is 8.60. The molecule has 6 nitrogen and oxygen atoms in total. The van der Waals surface area contributed by atoms with E-state index in [1.54, 1.807) is 24.9 Å². The molecule has 2 N–H and O–H groups in total. The topological polar surface area (TPSA) is 84.2 Å². The van der Waals surface area contributed by atoms with E-state index in [1.807, 2.05) is 0 Å². The number of aryl methyl sites for hydroxylation is 2. The highest BCUT2D eigenvalue weighted by Gasteiger charge is 2.18. The predicted octanol–water partition coefficient (Wildman–Crippen LogP) is -0.00968. The summed E-state index contributed by atoms with van der Waals surface area (Å²) < 4.78 is 1.59. The Kier molecular flexibility index (Phi) is 3.43. The molecule has 0 saturated heterocycles. The van der Waals surface area contributed by atoms with Crippen molar-refractivity contribution >= 4 is 12.4 Å². The fraction of sp³-hybridized carbons (Fsp3) is 0.444. The first kappa shape index (κ1) is 11.2. The molecule has 0 saturated carbocycles. The lowest BCUT2D eigenvalue weighted by atomic mass is 10.1. The van der Waals surface area contributed by atoms with Crippen molar-refractivity contribution in [2.75, 3.05) is 0 Å². The van der Waals surface area contributed by atoms with Crippen LogP contribution >= 0.6 is 0 Å². The first-order chi connectivity index (χ1) is 7.04. The number of hydrogen-bond acceptors (Lipinski definition) is 3. The van der Waals surface area contributed by atoms with Gasteiger partial charge < -0.3 is 10.4 Å². The second kappa shape index (κ2) is 4.59. The Morgan fingerprint density at radius 3 is 2.87 bits per heavy atom. The van der Waals surface area contributed by atoms with E-state index < -0.39 is 12.0 Å². The molecule has 0 radical (unpaired) electrons. The summed E-state index contributed by atoms with van der Waals surface area (Å²) in [6, 6.07) is -0.520. The van der Waals surface area contributed by atoms with E-state index in [-0.39, 0.29) is 6.42 Å². The van der Waals surface area contributed by atoms with Crippen LogP contribution in [-0.4, -0.2) is 27.3 Å². The van der Waals surface area contributed by atoms with Crippen molar-refractivity contribution in [2.45, 2.75) is 19.4 Å². The van der Waals surface area contributed by atoms with Crippen LogP contribution in [0, 0.1) is 6.92 Å². The van der Waals surface area contributed by atoms with Crippen LogP contribution in [0.25, 0.3) is 0 Å². The van der Waals surface area contributed by atoms with E-state index in [9.17, 15) is 9.59 Å². The van der Waals surface area contributed by atoms with Crippen LogP contribution in [-0.2, 0) is 16.6 Å². The molecule has 0 aliphatic rings. The minimum atomic E-state index is -0.961. The number of nitrogens with one attached hydrogen (secondary N) is 1. The van der Waals surface area contributed by atoms with Crippen molar-refractivity contribution in [3.63, 3.8) is 0 Å². The lowest BCUT2D eigenvalue weighted by Gasteiger charge is -2.12. The molecule has 1 aromatic heterocycles. The largest absolute Gasteiger partial charge is 0.481 e. The minimum Gasteiger partial charge on any atom is -0.481 e. The quantitative estimate of drug-likeness (QED) is 0.671. The Bertz CT molecular complexity index is 373. The average molecular weight is 211 g/mol. The third kappa shape index (κ3) is 2.80. The first-order valence-electron chi connectivity index (χ1n) is 4.46. The van der Waals surface area contributed by atoms with E-state index in [0.29, 0.717) is 6.41 Å². The zero-order chi connectivity index (χ0) is 11.4. The molecule has 1 heterocycles. The molecule has 0 unspecified atom stereocenters. The zero-order valence-corrected chi connectivity index (χ0v) is 8.60. The number of carbonyl (C=O) groups is 2. The summed E-state index contributed by atoms with van der Waals surface area (Å²) in [4.78, 5) is 20.9. The summed E-state index contributed by atoms with van der Waals surface area (Å²) in [7, 11) is 1.75. The van der Waals surface area contributed by atoms with Crippen molar-refractivity contribution < 1.29 is 14.7 Å². The maximum absolute atomic E-state index is 10.6. The van der Waals surface area contributed by atoms with Crippen molar-refractivity contribution in [2.24, 2.45) is 7.05 Å². The van der Waals surface area contributed by atoms with Crippen molar-refractivity contribution in [3.05, 3.63) is 17.5 Å². The van der Waals surface area contributed by atoms with E-state index in [2.05, 4.69) is 10.4 Å². The van der Waals surface area contributed by atoms with Crippen molar-refractivity contribution in [1.29, 1.82) is 0 Å². The number of hydrogen-bond donors (Lipinski definition) is 2. The van der Waals surface area contributed by atoms with Gasteiger partial charge >= 0.3 is 5.97 Å². The molecule has 1 amide bonds. The van der Waals surface area contributed by atoms with Gasteiger partial charge in [-0.2, -0.15) is 5.10 Å². The SMILES string of the molecule is Cc1nn(C)cc1[C@@H](CC(=O)O)NC=O. The van der Waals surface area contributed by atoms with Gasteiger partial charge in [-0.3, -0.25) is 14.3 Å². The monoisotopic (exact) mass is 211 g/mol. The second-order valence-electron chi connectivity index (χ2n) is 3.28. The average Bonchev–Trinajstić information content (AvgIpc) is 2.44. The third-order valence-electron chi connectivity index (χ3n) is 2.07. The summed E-state index contributed by atoms with van der Waals surface area (Å²) in [5.74, 6) is -0.961. The molecule has 0 fully saturated rings. The molecule has 1 atom stereocenters. The minimum absolute atomic E-state index is 0.148. The van der Waals surface area contributed by atoms with Crippen LogP contribution in [0.2, 0.25) is 0 Å². The fourth-order valence-electron chi connectivity index (χ4n) is 1.48. The summed E-state index contributed by atoms with van der Waals surface area (Å²) in [5.41, 5.74) is 1.45. The molecular formula is C9H13N3O3. The van der Waals surface area contributed by atoms with Gasteiger partial charge in [0, 0.05) is 18.8 Å². The Labute approximate surface area is 86.9 Å². The van der Waals surface area contributed by atoms with Crippen LogP contribution in [0.15, 0.2) is 6.20 Å². The van der Waals surface area contributed by atoms with Gasteiger partial charge in [-0.05, 0) is 6.92 Å². The summed E-state index contributed by atoms with van der Waals surface area (Å²) in [6.45, 7) is 1.77. The van der Waals surface area contributed by atoms with E-state index in [1.165, 1.54) is 0 Å². The van der Waals surface area contributed by atoms with Crippen molar-refractivity contribution in [1.82, 2.24) is 15.1 Å². The molecule has 0 aliphatic carbocycles. The van der Waals surface area contributed by atoms with Gasteiger partial charge in [-0.1, -0.05) is 0 Å². The maximum atomic E-state index is 10.6. The van der Waals surface area contributed by atoms with Crippen LogP contribution in [0.5, 0.6) is 0 Å². The Hall–Kier alpha value is -1.85. The van der Waals surface area contributed by atoms with E-state index >= 15 is 0 Å². The fourth-order valence-corrected chi connectivity index (χ4v) is 1.48. The van der Waals surface area contributed by atoms with Crippen LogP contribution in [0.4, 0.5) is 0 Å². The van der Waals surface area contributed by atoms with E-state index in [0.717, 1.165) is 11.3 Å². The smallest absolute Gasteiger partial charge is 0.305 e. The number of rotatable bonds is 5. The lowest BCUT2D eigenvalue weighted by Crippen LogP contribution is -2.22. The number of aromatic nitrogens is 2. The molecule has 0 aromatic carbocycles. The molecule has 1 aromatic rings. The molecular weight excluding hydrogens is 198 g/mol. The maximum Gasteiger partial charge on any atom is 0.305 e. The first-order valence-corrected chi connectivity index (χ1v) is 4.46. The van der Waals surface area contributed by atoms with Crippen LogP contribution in [0.3, 0.4) is 0 Å². The number of carbonyl (C=O) groups excluding carboxylic acids is 1. The highest BCUT2D eigenvalue weighted by Crippen LogP contribution is 2.18. The highest BCUT2D eigenvalue weighted by atomic mass is 16.4. The van der Waals surface area contributed by atoms with Gasteiger partial charge in [0.2, 0.25) is 6.41 Å². The number of amides is 1. The number of nitrogens with zero attached hydrogens (tertiary/aromatic N) is 2. The summed E-state index contributed by atoms with van der Waals surface area (Å²) in [5, 5.41) is 15.2. The molecule has 15 heavy (non-hydrogen) atoms. The number of carboxylic acid groups (broad SMARTS) is 1. The summed E-state index contributed by atoms with van der Waals surface area (Å²) in [6.07, 6.45) is 2.06. The Balaban J connectivity index is 2.92. The Morgan fingerprint density at radius 1 is 1.80 bits per heavy atom. The van der Waals surface area contributed by atoms with E-state index in [4.69, 9.17) is 5.11 Å². The Morgan fingerprint density at radius 2 is 2.47 bits per heavy atom. The molecule has 82 valence electrons.